The summed E-state index contributed by atoms with van der Waals surface area (Å²) < 4.78 is 0. The van der Waals surface area contributed by atoms with E-state index >= 15 is 0 Å². The fourth-order valence-electron chi connectivity index (χ4n) is 5.51. The minimum Gasteiger partial charge on any atom is -0.480 e. The van der Waals surface area contributed by atoms with E-state index in [1.165, 1.54) is 45.6 Å². The fourth-order valence-corrected chi connectivity index (χ4v) is 5.51. The van der Waals surface area contributed by atoms with Crippen LogP contribution in [-0.2, 0) is 14.4 Å². The van der Waals surface area contributed by atoms with Crippen molar-refractivity contribution in [3.63, 3.8) is 0 Å². The summed E-state index contributed by atoms with van der Waals surface area (Å²) in [5, 5.41) is 11.4. The largest absolute Gasteiger partial charge is 0.480 e. The van der Waals surface area contributed by atoms with Gasteiger partial charge in [-0.05, 0) is 61.7 Å². The van der Waals surface area contributed by atoms with Gasteiger partial charge in [0.1, 0.15) is 6.54 Å². The van der Waals surface area contributed by atoms with E-state index in [1.807, 2.05) is 0 Å². The number of hydrogen-bond acceptors (Lipinski definition) is 3. The van der Waals surface area contributed by atoms with Gasteiger partial charge in [0, 0.05) is 13.5 Å². The molecule has 0 aliphatic heterocycles. The van der Waals surface area contributed by atoms with Crippen LogP contribution in [0.15, 0.2) is 0 Å². The van der Waals surface area contributed by atoms with Gasteiger partial charge in [-0.25, -0.2) is 0 Å². The summed E-state index contributed by atoms with van der Waals surface area (Å²) in [4.78, 5) is 35.8. The van der Waals surface area contributed by atoms with E-state index in [2.05, 4.69) is 5.32 Å². The lowest BCUT2D eigenvalue weighted by molar-refractivity contribution is -0.143. The van der Waals surface area contributed by atoms with Crippen molar-refractivity contribution in [3.05, 3.63) is 0 Å². The summed E-state index contributed by atoms with van der Waals surface area (Å²) in [5.41, 5.74) is 0.162. The highest BCUT2D eigenvalue weighted by Gasteiger charge is 2.51. The first-order chi connectivity index (χ1) is 10.8. The Kier molecular flexibility index (Phi) is 4.34. The second-order valence-electron chi connectivity index (χ2n) is 8.01. The van der Waals surface area contributed by atoms with Crippen molar-refractivity contribution < 1.29 is 19.5 Å². The summed E-state index contributed by atoms with van der Waals surface area (Å²) in [6, 6.07) is 0. The molecule has 4 saturated carbocycles. The molecular formula is C17H26N2O4. The minimum absolute atomic E-state index is 0.0657. The Morgan fingerprint density at radius 1 is 1.09 bits per heavy atom. The molecule has 0 aromatic rings. The quantitative estimate of drug-likeness (QED) is 0.770. The Bertz CT molecular complexity index is 481. The molecule has 4 aliphatic carbocycles. The van der Waals surface area contributed by atoms with Crippen LogP contribution in [0, 0.1) is 23.2 Å². The van der Waals surface area contributed by atoms with E-state index in [0.29, 0.717) is 6.42 Å². The van der Waals surface area contributed by atoms with E-state index in [-0.39, 0.29) is 30.3 Å². The number of carbonyl (C=O) groups is 3. The second kappa shape index (κ2) is 6.13. The zero-order valence-electron chi connectivity index (χ0n) is 13.7. The summed E-state index contributed by atoms with van der Waals surface area (Å²) in [5.74, 6) is 0.920. The lowest BCUT2D eigenvalue weighted by Crippen LogP contribution is -2.48. The number of aliphatic carboxylic acids is 1. The molecule has 23 heavy (non-hydrogen) atoms. The summed E-state index contributed by atoms with van der Waals surface area (Å²) in [7, 11) is 1.43. The van der Waals surface area contributed by atoms with Gasteiger partial charge in [-0.3, -0.25) is 14.4 Å². The molecule has 2 N–H and O–H groups in total. The molecular weight excluding hydrogens is 296 g/mol. The Morgan fingerprint density at radius 3 is 2.09 bits per heavy atom. The van der Waals surface area contributed by atoms with Gasteiger partial charge in [0.15, 0.2) is 0 Å². The number of rotatable bonds is 6. The van der Waals surface area contributed by atoms with Crippen LogP contribution < -0.4 is 5.32 Å². The van der Waals surface area contributed by atoms with Crippen molar-refractivity contribution in [1.82, 2.24) is 10.2 Å². The number of likely N-dealkylation sites (N-methyl/N-ethyl adjacent to an activating group) is 1. The second-order valence-corrected chi connectivity index (χ2v) is 8.01. The average Bonchev–Trinajstić information content (AvgIpc) is 2.41. The highest BCUT2D eigenvalue weighted by Crippen LogP contribution is 2.61. The van der Waals surface area contributed by atoms with Crippen LogP contribution in [0.4, 0.5) is 0 Å². The van der Waals surface area contributed by atoms with Crippen molar-refractivity contribution in [2.45, 2.75) is 44.9 Å². The van der Waals surface area contributed by atoms with Gasteiger partial charge in [-0.2, -0.15) is 0 Å². The number of carboxylic acids is 1. The number of carbonyl (C=O) groups excluding carboxylic acids is 2. The minimum atomic E-state index is -1.05. The van der Waals surface area contributed by atoms with Gasteiger partial charge < -0.3 is 15.3 Å². The maximum Gasteiger partial charge on any atom is 0.323 e. The topological polar surface area (TPSA) is 86.7 Å². The SMILES string of the molecule is CN(CC(=O)O)C(=O)CNC(=O)CC12CC3CC(CC(C3)C1)C2. The first kappa shape index (κ1) is 16.3. The molecule has 4 rings (SSSR count). The molecule has 0 heterocycles. The third-order valence-corrected chi connectivity index (χ3v) is 5.94. The predicted octanol–water partition coefficient (Wildman–Crippen LogP) is 1.25. The van der Waals surface area contributed by atoms with Crippen LogP contribution in [0.3, 0.4) is 0 Å². The van der Waals surface area contributed by atoms with Crippen molar-refractivity contribution in [2.75, 3.05) is 20.1 Å². The van der Waals surface area contributed by atoms with Crippen LogP contribution in [0.2, 0.25) is 0 Å². The van der Waals surface area contributed by atoms with Crippen LogP contribution >= 0.6 is 0 Å². The monoisotopic (exact) mass is 322 g/mol. The van der Waals surface area contributed by atoms with Gasteiger partial charge in [0.2, 0.25) is 11.8 Å². The third-order valence-electron chi connectivity index (χ3n) is 5.94. The Balaban J connectivity index is 1.48. The summed E-state index contributed by atoms with van der Waals surface area (Å²) >= 11 is 0. The number of hydrogen-bond donors (Lipinski definition) is 2. The van der Waals surface area contributed by atoms with Crippen molar-refractivity contribution in [3.8, 4) is 0 Å². The highest BCUT2D eigenvalue weighted by atomic mass is 16.4. The van der Waals surface area contributed by atoms with E-state index < -0.39 is 5.97 Å². The fraction of sp³-hybridized carbons (Fsp3) is 0.824. The standard InChI is InChI=1S/C17H26N2O4/c1-19(10-16(22)23)15(21)9-18-14(20)8-17-5-11-2-12(6-17)4-13(3-11)7-17/h11-13H,2-10H2,1H3,(H,18,20)(H,22,23). The van der Waals surface area contributed by atoms with Gasteiger partial charge in [0.05, 0.1) is 6.54 Å². The van der Waals surface area contributed by atoms with E-state index in [4.69, 9.17) is 5.11 Å². The van der Waals surface area contributed by atoms with E-state index in [9.17, 15) is 14.4 Å². The molecule has 128 valence electrons. The molecule has 0 saturated heterocycles. The number of amides is 2. The molecule has 4 bridgehead atoms. The molecule has 4 fully saturated rings. The van der Waals surface area contributed by atoms with Gasteiger partial charge in [-0.1, -0.05) is 0 Å². The van der Waals surface area contributed by atoms with E-state index in [0.717, 1.165) is 22.7 Å². The van der Waals surface area contributed by atoms with Crippen molar-refractivity contribution >= 4 is 17.8 Å². The van der Waals surface area contributed by atoms with Gasteiger partial charge in [0.25, 0.3) is 0 Å². The maximum absolute atomic E-state index is 12.3. The van der Waals surface area contributed by atoms with Crippen LogP contribution in [-0.4, -0.2) is 47.9 Å². The third kappa shape index (κ3) is 3.67. The lowest BCUT2D eigenvalue weighted by Gasteiger charge is -2.56. The first-order valence-electron chi connectivity index (χ1n) is 8.58. The Hall–Kier alpha value is -1.59. The number of nitrogens with zero attached hydrogens (tertiary/aromatic N) is 1. The normalized spacial score (nSPS) is 34.2. The molecule has 0 aromatic carbocycles. The van der Waals surface area contributed by atoms with Crippen LogP contribution in [0.1, 0.15) is 44.9 Å². The maximum atomic E-state index is 12.3. The first-order valence-corrected chi connectivity index (χ1v) is 8.58. The predicted molar refractivity (Wildman–Crippen MR) is 83.5 cm³/mol. The van der Waals surface area contributed by atoms with Crippen LogP contribution in [0.5, 0.6) is 0 Å². The van der Waals surface area contributed by atoms with Crippen molar-refractivity contribution in [1.29, 1.82) is 0 Å². The molecule has 4 aliphatic rings. The molecule has 0 radical (unpaired) electrons. The van der Waals surface area contributed by atoms with Crippen LogP contribution in [0.25, 0.3) is 0 Å². The molecule has 2 amide bonds. The highest BCUT2D eigenvalue weighted by molar-refractivity contribution is 5.86. The zero-order valence-corrected chi connectivity index (χ0v) is 13.7. The van der Waals surface area contributed by atoms with Gasteiger partial charge in [-0.15, -0.1) is 0 Å². The van der Waals surface area contributed by atoms with Gasteiger partial charge >= 0.3 is 5.97 Å². The van der Waals surface area contributed by atoms with Crippen molar-refractivity contribution in [2.24, 2.45) is 23.2 Å². The smallest absolute Gasteiger partial charge is 0.323 e. The molecule has 0 atom stereocenters. The molecule has 0 aromatic heterocycles. The van der Waals surface area contributed by atoms with E-state index in [1.54, 1.807) is 0 Å². The molecule has 6 heteroatoms. The molecule has 0 spiro atoms. The number of nitrogens with one attached hydrogen (secondary N) is 1. The zero-order chi connectivity index (χ0) is 16.6. The average molecular weight is 322 g/mol. The summed E-state index contributed by atoms with van der Waals surface area (Å²) in [6.07, 6.45) is 8.06. The molecule has 6 nitrogen and oxygen atoms in total. The Labute approximate surface area is 136 Å². The lowest BCUT2D eigenvalue weighted by atomic mass is 9.49. The number of carboxylic acid groups (broad SMARTS) is 1. The summed E-state index contributed by atoms with van der Waals surface area (Å²) in [6.45, 7) is -0.460. The Morgan fingerprint density at radius 2 is 1.61 bits per heavy atom. The molecule has 0 unspecified atom stereocenters.